The first-order valence-electron chi connectivity index (χ1n) is 7.63. The summed E-state index contributed by atoms with van der Waals surface area (Å²) in [5.41, 5.74) is 1.72. The highest BCUT2D eigenvalue weighted by atomic mass is 32.2. The van der Waals surface area contributed by atoms with Gasteiger partial charge in [-0.25, -0.2) is 4.79 Å². The number of nitrogens with one attached hydrogen (secondary N) is 1. The average molecular weight is 369 g/mol. The molecule has 0 aliphatic rings. The number of methoxy groups -OCH3 is 1. The summed E-state index contributed by atoms with van der Waals surface area (Å²) in [6.45, 7) is 0. The number of aromatic nitrogens is 3. The molecule has 7 nitrogen and oxygen atoms in total. The Morgan fingerprint density at radius 2 is 1.81 bits per heavy atom. The van der Waals surface area contributed by atoms with Gasteiger partial charge >= 0.3 is 5.97 Å². The smallest absolute Gasteiger partial charge is 0.335 e. The second kappa shape index (κ2) is 7.83. The van der Waals surface area contributed by atoms with Crippen molar-refractivity contribution in [1.82, 2.24) is 15.2 Å². The van der Waals surface area contributed by atoms with Crippen LogP contribution < -0.4 is 10.3 Å². The van der Waals surface area contributed by atoms with E-state index in [1.54, 1.807) is 55.6 Å². The van der Waals surface area contributed by atoms with Crippen LogP contribution in [0.2, 0.25) is 0 Å². The number of carboxylic acids is 1. The van der Waals surface area contributed by atoms with Crippen molar-refractivity contribution in [3.8, 4) is 17.0 Å². The average Bonchev–Trinajstić information content (AvgIpc) is 2.67. The summed E-state index contributed by atoms with van der Waals surface area (Å²) in [5.74, 6) is 0.264. The minimum Gasteiger partial charge on any atom is -0.497 e. The van der Waals surface area contributed by atoms with Gasteiger partial charge in [0, 0.05) is 11.3 Å². The molecule has 0 aliphatic carbocycles. The Kier molecular flexibility index (Phi) is 5.33. The van der Waals surface area contributed by atoms with Crippen LogP contribution in [0.15, 0.2) is 58.5 Å². The first kappa shape index (κ1) is 17.7. The summed E-state index contributed by atoms with van der Waals surface area (Å²) in [6, 6.07) is 13.5. The van der Waals surface area contributed by atoms with Gasteiger partial charge in [0.1, 0.15) is 5.75 Å². The van der Waals surface area contributed by atoms with Gasteiger partial charge in [0.25, 0.3) is 5.56 Å². The third kappa shape index (κ3) is 4.09. The Balaban J connectivity index is 1.70. The monoisotopic (exact) mass is 369 g/mol. The minimum atomic E-state index is -0.964. The predicted molar refractivity (Wildman–Crippen MR) is 97.6 cm³/mol. The van der Waals surface area contributed by atoms with E-state index >= 15 is 0 Å². The maximum absolute atomic E-state index is 12.3. The van der Waals surface area contributed by atoms with Crippen LogP contribution >= 0.6 is 11.8 Å². The van der Waals surface area contributed by atoms with Crippen LogP contribution in [-0.4, -0.2) is 33.4 Å². The number of aromatic amines is 1. The SMILES string of the molecule is COc1ccc(-c2nnc(SCc3ccc(C(=O)O)cc3)[nH]c2=O)cc1. The zero-order chi connectivity index (χ0) is 18.5. The van der Waals surface area contributed by atoms with E-state index in [9.17, 15) is 9.59 Å². The van der Waals surface area contributed by atoms with Crippen molar-refractivity contribution >= 4 is 17.7 Å². The van der Waals surface area contributed by atoms with E-state index in [1.165, 1.54) is 11.8 Å². The molecule has 1 heterocycles. The van der Waals surface area contributed by atoms with Gasteiger partial charge in [-0.05, 0) is 42.0 Å². The lowest BCUT2D eigenvalue weighted by Gasteiger charge is -2.04. The van der Waals surface area contributed by atoms with Gasteiger partial charge < -0.3 is 9.84 Å². The van der Waals surface area contributed by atoms with Crippen LogP contribution in [0.25, 0.3) is 11.3 Å². The Bertz CT molecular complexity index is 969. The highest BCUT2D eigenvalue weighted by molar-refractivity contribution is 7.98. The first-order chi connectivity index (χ1) is 12.6. The second-order valence-corrected chi connectivity index (χ2v) is 6.29. The summed E-state index contributed by atoms with van der Waals surface area (Å²) >= 11 is 1.32. The van der Waals surface area contributed by atoms with Gasteiger partial charge in [-0.2, -0.15) is 0 Å². The van der Waals surface area contributed by atoms with Crippen LogP contribution in [0.1, 0.15) is 15.9 Å². The number of H-pyrrole nitrogens is 1. The number of carbonyl (C=O) groups is 1. The van der Waals surface area contributed by atoms with E-state index in [1.807, 2.05) is 0 Å². The molecule has 0 bridgehead atoms. The van der Waals surface area contributed by atoms with Crippen molar-refractivity contribution in [3.05, 3.63) is 70.0 Å². The fourth-order valence-electron chi connectivity index (χ4n) is 2.22. The summed E-state index contributed by atoms with van der Waals surface area (Å²) in [4.78, 5) is 25.8. The molecule has 0 amide bonds. The topological polar surface area (TPSA) is 105 Å². The van der Waals surface area contributed by atoms with Gasteiger partial charge in [-0.15, -0.1) is 10.2 Å². The molecule has 0 aliphatic heterocycles. The van der Waals surface area contributed by atoms with E-state index in [2.05, 4.69) is 15.2 Å². The molecule has 0 saturated carbocycles. The van der Waals surface area contributed by atoms with Gasteiger partial charge in [-0.1, -0.05) is 23.9 Å². The Hall–Kier alpha value is -3.13. The van der Waals surface area contributed by atoms with Crippen LogP contribution in [0.3, 0.4) is 0 Å². The summed E-state index contributed by atoms with van der Waals surface area (Å²) in [5, 5.41) is 17.4. The van der Waals surface area contributed by atoms with Gasteiger partial charge in [-0.3, -0.25) is 9.78 Å². The zero-order valence-electron chi connectivity index (χ0n) is 13.8. The van der Waals surface area contributed by atoms with Gasteiger partial charge in [0.2, 0.25) is 0 Å². The molecule has 26 heavy (non-hydrogen) atoms. The molecule has 0 atom stereocenters. The summed E-state index contributed by atoms with van der Waals surface area (Å²) < 4.78 is 5.09. The molecule has 0 fully saturated rings. The quantitative estimate of drug-likeness (QED) is 0.644. The van der Waals surface area contributed by atoms with Crippen molar-refractivity contribution in [3.63, 3.8) is 0 Å². The van der Waals surface area contributed by atoms with Crippen LogP contribution in [0.5, 0.6) is 5.75 Å². The van der Waals surface area contributed by atoms with E-state index < -0.39 is 5.97 Å². The Labute approximate surface area is 153 Å². The molecule has 3 aromatic rings. The maximum Gasteiger partial charge on any atom is 0.335 e. The normalized spacial score (nSPS) is 10.5. The van der Waals surface area contributed by atoms with Crippen molar-refractivity contribution in [2.24, 2.45) is 0 Å². The standard InChI is InChI=1S/C18H15N3O4S/c1-25-14-8-6-12(7-9-14)15-16(22)19-18(21-20-15)26-10-11-2-4-13(5-3-11)17(23)24/h2-9H,10H2,1H3,(H,23,24)(H,19,21,22). The van der Waals surface area contributed by atoms with Crippen molar-refractivity contribution in [1.29, 1.82) is 0 Å². The van der Waals surface area contributed by atoms with E-state index in [4.69, 9.17) is 9.84 Å². The number of nitrogens with zero attached hydrogens (tertiary/aromatic N) is 2. The number of rotatable bonds is 6. The summed E-state index contributed by atoms with van der Waals surface area (Å²) in [6.07, 6.45) is 0. The number of hydrogen-bond donors (Lipinski definition) is 2. The van der Waals surface area contributed by atoms with Crippen LogP contribution in [0, 0.1) is 0 Å². The number of thioether (sulfide) groups is 1. The largest absolute Gasteiger partial charge is 0.497 e. The highest BCUT2D eigenvalue weighted by Gasteiger charge is 2.09. The fraction of sp³-hybridized carbons (Fsp3) is 0.111. The molecule has 8 heteroatoms. The molecular formula is C18H15N3O4S. The molecule has 132 valence electrons. The third-order valence-corrected chi connectivity index (χ3v) is 4.55. The molecule has 2 aromatic carbocycles. The summed E-state index contributed by atoms with van der Waals surface area (Å²) in [7, 11) is 1.57. The Morgan fingerprint density at radius 1 is 1.12 bits per heavy atom. The van der Waals surface area contributed by atoms with E-state index in [-0.39, 0.29) is 16.8 Å². The van der Waals surface area contributed by atoms with E-state index in [0.717, 1.165) is 5.56 Å². The van der Waals surface area contributed by atoms with E-state index in [0.29, 0.717) is 22.2 Å². The number of hydrogen-bond acceptors (Lipinski definition) is 6. The molecule has 2 N–H and O–H groups in total. The van der Waals surface area contributed by atoms with Crippen molar-refractivity contribution in [2.45, 2.75) is 10.9 Å². The highest BCUT2D eigenvalue weighted by Crippen LogP contribution is 2.20. The number of aromatic carboxylic acids is 1. The number of benzene rings is 2. The maximum atomic E-state index is 12.3. The third-order valence-electron chi connectivity index (χ3n) is 3.62. The van der Waals surface area contributed by atoms with Crippen molar-refractivity contribution < 1.29 is 14.6 Å². The van der Waals surface area contributed by atoms with Crippen LogP contribution in [-0.2, 0) is 5.75 Å². The molecule has 3 rings (SSSR count). The second-order valence-electron chi connectivity index (χ2n) is 5.33. The molecular weight excluding hydrogens is 354 g/mol. The molecule has 0 radical (unpaired) electrons. The minimum absolute atomic E-state index is 0.232. The zero-order valence-corrected chi connectivity index (χ0v) is 14.6. The lowest BCUT2D eigenvalue weighted by Crippen LogP contribution is -2.14. The number of ether oxygens (including phenoxy) is 1. The predicted octanol–water partition coefficient (Wildman–Crippen LogP) is 2.83. The van der Waals surface area contributed by atoms with Crippen molar-refractivity contribution in [2.75, 3.05) is 7.11 Å². The molecule has 0 saturated heterocycles. The number of carboxylic acid groups (broad SMARTS) is 1. The lowest BCUT2D eigenvalue weighted by atomic mass is 10.1. The van der Waals surface area contributed by atoms with Gasteiger partial charge in [0.15, 0.2) is 10.9 Å². The molecule has 0 spiro atoms. The first-order valence-corrected chi connectivity index (χ1v) is 8.62. The van der Waals surface area contributed by atoms with Gasteiger partial charge in [0.05, 0.1) is 12.7 Å². The lowest BCUT2D eigenvalue weighted by molar-refractivity contribution is 0.0697. The molecule has 0 unspecified atom stereocenters. The fourth-order valence-corrected chi connectivity index (χ4v) is 2.98. The molecule has 1 aromatic heterocycles. The van der Waals surface area contributed by atoms with Crippen LogP contribution in [0.4, 0.5) is 0 Å². The Morgan fingerprint density at radius 3 is 2.38 bits per heavy atom.